The second-order valence-electron chi connectivity index (χ2n) is 5.17. The van der Waals surface area contributed by atoms with Crippen molar-refractivity contribution in [1.29, 1.82) is 0 Å². The third kappa shape index (κ3) is 2.02. The van der Waals surface area contributed by atoms with Crippen LogP contribution in [0.15, 0.2) is 0 Å². The SMILES string of the molecule is CCC1CCC(C(=O)C2CCCC2)C1. The molecule has 2 aliphatic rings. The Kier molecular flexibility index (Phi) is 3.25. The van der Waals surface area contributed by atoms with Gasteiger partial charge >= 0.3 is 0 Å². The molecular weight excluding hydrogens is 172 g/mol. The van der Waals surface area contributed by atoms with Crippen molar-refractivity contribution in [2.75, 3.05) is 0 Å². The minimum atomic E-state index is 0.447. The van der Waals surface area contributed by atoms with Gasteiger partial charge in [-0.05, 0) is 38.0 Å². The van der Waals surface area contributed by atoms with E-state index in [1.54, 1.807) is 0 Å². The zero-order valence-electron chi connectivity index (χ0n) is 9.30. The van der Waals surface area contributed by atoms with Crippen molar-refractivity contribution in [3.63, 3.8) is 0 Å². The molecule has 0 aromatic carbocycles. The van der Waals surface area contributed by atoms with Crippen molar-refractivity contribution < 1.29 is 4.79 Å². The lowest BCUT2D eigenvalue weighted by Crippen LogP contribution is -2.19. The molecule has 0 radical (unpaired) electrons. The summed E-state index contributed by atoms with van der Waals surface area (Å²) in [4.78, 5) is 12.1. The Morgan fingerprint density at radius 3 is 2.36 bits per heavy atom. The summed E-state index contributed by atoms with van der Waals surface area (Å²) in [6.07, 6.45) is 9.92. The maximum absolute atomic E-state index is 12.1. The molecule has 2 unspecified atom stereocenters. The monoisotopic (exact) mass is 194 g/mol. The summed E-state index contributed by atoms with van der Waals surface area (Å²) in [5.41, 5.74) is 0. The predicted molar refractivity (Wildman–Crippen MR) is 58.1 cm³/mol. The Bertz CT molecular complexity index is 203. The summed E-state index contributed by atoms with van der Waals surface area (Å²) in [5, 5.41) is 0. The van der Waals surface area contributed by atoms with Gasteiger partial charge in [-0.2, -0.15) is 0 Å². The van der Waals surface area contributed by atoms with Crippen LogP contribution >= 0.6 is 0 Å². The molecule has 0 bridgehead atoms. The first-order valence-electron chi connectivity index (χ1n) is 6.35. The summed E-state index contributed by atoms with van der Waals surface area (Å²) >= 11 is 0. The highest BCUT2D eigenvalue weighted by Crippen LogP contribution is 2.38. The second kappa shape index (κ2) is 4.46. The molecule has 2 fully saturated rings. The van der Waals surface area contributed by atoms with Gasteiger partial charge in [0, 0.05) is 11.8 Å². The van der Waals surface area contributed by atoms with Crippen LogP contribution in [0.4, 0.5) is 0 Å². The van der Waals surface area contributed by atoms with Gasteiger partial charge < -0.3 is 0 Å². The van der Waals surface area contributed by atoms with Crippen LogP contribution in [0.3, 0.4) is 0 Å². The van der Waals surface area contributed by atoms with Crippen LogP contribution in [0, 0.1) is 17.8 Å². The molecule has 0 aliphatic heterocycles. The average Bonchev–Trinajstić information content (AvgIpc) is 2.88. The highest BCUT2D eigenvalue weighted by molar-refractivity contribution is 5.83. The summed E-state index contributed by atoms with van der Waals surface area (Å²) in [6.45, 7) is 2.26. The summed E-state index contributed by atoms with van der Waals surface area (Å²) < 4.78 is 0. The van der Waals surface area contributed by atoms with E-state index in [0.717, 1.165) is 5.92 Å². The van der Waals surface area contributed by atoms with Crippen molar-refractivity contribution in [1.82, 2.24) is 0 Å². The molecule has 0 heterocycles. The Balaban J connectivity index is 1.86. The van der Waals surface area contributed by atoms with Crippen molar-refractivity contribution in [3.05, 3.63) is 0 Å². The van der Waals surface area contributed by atoms with Gasteiger partial charge in [-0.25, -0.2) is 0 Å². The van der Waals surface area contributed by atoms with Crippen LogP contribution in [0.1, 0.15) is 58.3 Å². The molecule has 0 N–H and O–H groups in total. The number of ketones is 1. The van der Waals surface area contributed by atoms with Crippen molar-refractivity contribution in [2.45, 2.75) is 58.3 Å². The molecule has 1 nitrogen and oxygen atoms in total. The van der Waals surface area contributed by atoms with E-state index in [1.165, 1.54) is 51.4 Å². The zero-order valence-corrected chi connectivity index (χ0v) is 9.30. The minimum Gasteiger partial charge on any atom is -0.299 e. The van der Waals surface area contributed by atoms with Crippen LogP contribution in [0.2, 0.25) is 0 Å². The highest BCUT2D eigenvalue weighted by atomic mass is 16.1. The highest BCUT2D eigenvalue weighted by Gasteiger charge is 2.33. The fourth-order valence-corrected chi connectivity index (χ4v) is 3.25. The molecule has 80 valence electrons. The van der Waals surface area contributed by atoms with Crippen LogP contribution < -0.4 is 0 Å². The largest absolute Gasteiger partial charge is 0.299 e. The first-order valence-corrected chi connectivity index (χ1v) is 6.35. The van der Waals surface area contributed by atoms with E-state index >= 15 is 0 Å². The average molecular weight is 194 g/mol. The zero-order chi connectivity index (χ0) is 9.97. The smallest absolute Gasteiger partial charge is 0.139 e. The number of carbonyl (C=O) groups is 1. The van der Waals surface area contributed by atoms with Gasteiger partial charge in [-0.15, -0.1) is 0 Å². The number of hydrogen-bond acceptors (Lipinski definition) is 1. The fourth-order valence-electron chi connectivity index (χ4n) is 3.25. The summed E-state index contributed by atoms with van der Waals surface area (Å²) in [5.74, 6) is 2.38. The normalized spacial score (nSPS) is 33.8. The third-order valence-corrected chi connectivity index (χ3v) is 4.28. The minimum absolute atomic E-state index is 0.447. The van der Waals surface area contributed by atoms with Gasteiger partial charge in [0.25, 0.3) is 0 Å². The fraction of sp³-hybridized carbons (Fsp3) is 0.923. The third-order valence-electron chi connectivity index (χ3n) is 4.28. The van der Waals surface area contributed by atoms with Gasteiger partial charge in [0.15, 0.2) is 0 Å². The lowest BCUT2D eigenvalue weighted by molar-refractivity contribution is -0.126. The van der Waals surface area contributed by atoms with E-state index in [0.29, 0.717) is 17.6 Å². The van der Waals surface area contributed by atoms with Gasteiger partial charge in [0.05, 0.1) is 0 Å². The number of Topliss-reactive ketones (excluding diaryl/α,β-unsaturated/α-hetero) is 1. The maximum atomic E-state index is 12.1. The molecule has 2 rings (SSSR count). The first kappa shape index (κ1) is 10.2. The summed E-state index contributed by atoms with van der Waals surface area (Å²) in [7, 11) is 0. The van der Waals surface area contributed by atoms with E-state index in [1.807, 2.05) is 0 Å². The van der Waals surface area contributed by atoms with E-state index in [9.17, 15) is 4.79 Å². The van der Waals surface area contributed by atoms with Gasteiger partial charge in [0.2, 0.25) is 0 Å². The van der Waals surface area contributed by atoms with Gasteiger partial charge in [-0.3, -0.25) is 4.79 Å². The Labute approximate surface area is 87.3 Å². The molecule has 1 heteroatoms. The number of rotatable bonds is 3. The van der Waals surface area contributed by atoms with Crippen LogP contribution in [0.5, 0.6) is 0 Å². The molecule has 0 saturated heterocycles. The molecule has 14 heavy (non-hydrogen) atoms. The Hall–Kier alpha value is -0.330. The van der Waals surface area contributed by atoms with E-state index in [2.05, 4.69) is 6.92 Å². The van der Waals surface area contributed by atoms with Crippen LogP contribution in [0.25, 0.3) is 0 Å². The molecule has 0 aromatic heterocycles. The number of hydrogen-bond donors (Lipinski definition) is 0. The van der Waals surface area contributed by atoms with Gasteiger partial charge in [0.1, 0.15) is 5.78 Å². The molecule has 2 atom stereocenters. The molecular formula is C13H22O. The van der Waals surface area contributed by atoms with Crippen LogP contribution in [-0.4, -0.2) is 5.78 Å². The standard InChI is InChI=1S/C13H22O/c1-2-10-7-8-12(9-10)13(14)11-5-3-4-6-11/h10-12H,2-9H2,1H3. The predicted octanol–water partition coefficient (Wildman–Crippen LogP) is 3.57. The number of carbonyl (C=O) groups excluding carboxylic acids is 1. The molecule has 0 amide bonds. The maximum Gasteiger partial charge on any atom is 0.139 e. The Morgan fingerprint density at radius 1 is 1.07 bits per heavy atom. The second-order valence-corrected chi connectivity index (χ2v) is 5.17. The van der Waals surface area contributed by atoms with E-state index in [-0.39, 0.29) is 0 Å². The first-order chi connectivity index (χ1) is 6.81. The molecule has 0 spiro atoms. The quantitative estimate of drug-likeness (QED) is 0.671. The lowest BCUT2D eigenvalue weighted by Gasteiger charge is -2.14. The summed E-state index contributed by atoms with van der Waals surface area (Å²) in [6, 6.07) is 0. The molecule has 0 aromatic rings. The van der Waals surface area contributed by atoms with Crippen molar-refractivity contribution >= 4 is 5.78 Å². The van der Waals surface area contributed by atoms with E-state index in [4.69, 9.17) is 0 Å². The van der Waals surface area contributed by atoms with Crippen LogP contribution in [-0.2, 0) is 4.79 Å². The molecule has 2 saturated carbocycles. The Morgan fingerprint density at radius 2 is 1.79 bits per heavy atom. The molecule has 2 aliphatic carbocycles. The van der Waals surface area contributed by atoms with E-state index < -0.39 is 0 Å². The van der Waals surface area contributed by atoms with Crippen molar-refractivity contribution in [2.24, 2.45) is 17.8 Å². The van der Waals surface area contributed by atoms with Crippen molar-refractivity contribution in [3.8, 4) is 0 Å². The van der Waals surface area contributed by atoms with Gasteiger partial charge in [-0.1, -0.05) is 26.2 Å². The topological polar surface area (TPSA) is 17.1 Å². The lowest BCUT2D eigenvalue weighted by atomic mass is 9.89.